The molecule has 4 rings (SSSR count). The Labute approximate surface area is 154 Å². The molecule has 3 heterocycles. The molecule has 1 aromatic rings. The van der Waals surface area contributed by atoms with Gasteiger partial charge in [-0.2, -0.15) is 0 Å². The Morgan fingerprint density at radius 2 is 2.07 bits per heavy atom. The van der Waals surface area contributed by atoms with Gasteiger partial charge in [0.15, 0.2) is 0 Å². The highest BCUT2D eigenvalue weighted by molar-refractivity contribution is 6.05. The number of hydrogen-bond donors (Lipinski definition) is 3. The first-order valence-electron chi connectivity index (χ1n) is 8.93. The van der Waals surface area contributed by atoms with Gasteiger partial charge < -0.3 is 15.5 Å². The van der Waals surface area contributed by atoms with Crippen LogP contribution in [0.3, 0.4) is 0 Å². The van der Waals surface area contributed by atoms with Crippen LogP contribution in [-0.2, 0) is 22.7 Å². The lowest BCUT2D eigenvalue weighted by atomic mass is 10.0. The number of halogens is 2. The number of benzene rings is 1. The van der Waals surface area contributed by atoms with E-state index in [2.05, 4.69) is 16.0 Å². The average molecular weight is 378 g/mol. The van der Waals surface area contributed by atoms with E-state index < -0.39 is 23.9 Å². The lowest BCUT2D eigenvalue weighted by Crippen LogP contribution is -2.52. The molecule has 3 aliphatic rings. The number of carbonyl (C=O) groups is 3. The van der Waals surface area contributed by atoms with Gasteiger partial charge in [-0.3, -0.25) is 19.7 Å². The number of carbonyl (C=O) groups excluding carboxylic acids is 3. The van der Waals surface area contributed by atoms with E-state index in [1.807, 2.05) is 6.07 Å². The molecule has 2 saturated heterocycles. The van der Waals surface area contributed by atoms with E-state index in [0.29, 0.717) is 12.0 Å². The number of nitrogens with one attached hydrogen (secondary N) is 3. The maximum Gasteiger partial charge on any atom is 0.276 e. The van der Waals surface area contributed by atoms with Crippen LogP contribution in [0.4, 0.5) is 8.78 Å². The topological polar surface area (TPSA) is 90.5 Å². The number of piperidine rings is 1. The van der Waals surface area contributed by atoms with Gasteiger partial charge in [0, 0.05) is 31.6 Å². The van der Waals surface area contributed by atoms with Crippen LogP contribution < -0.4 is 16.0 Å². The van der Waals surface area contributed by atoms with E-state index in [1.54, 1.807) is 12.1 Å². The van der Waals surface area contributed by atoms with Gasteiger partial charge in [-0.25, -0.2) is 8.78 Å². The number of alkyl halides is 2. The highest BCUT2D eigenvalue weighted by atomic mass is 19.3. The fourth-order valence-electron chi connectivity index (χ4n) is 3.86. The lowest BCUT2D eigenvalue weighted by Gasteiger charge is -2.29. The summed E-state index contributed by atoms with van der Waals surface area (Å²) in [5.41, 5.74) is 2.07. The van der Waals surface area contributed by atoms with Crippen LogP contribution in [0.15, 0.2) is 18.2 Å². The molecule has 27 heavy (non-hydrogen) atoms. The predicted octanol–water partition coefficient (Wildman–Crippen LogP) is 0.144. The van der Waals surface area contributed by atoms with Gasteiger partial charge in [0.25, 0.3) is 11.8 Å². The first kappa shape index (κ1) is 18.0. The standard InChI is InChI=1S/C18H20F2N4O3/c19-18(20)9-21-7-14(18)22-6-10-1-2-12-11(5-10)8-24(17(12)27)13-3-4-15(25)23-16(13)26/h1-2,5,13-14,21-22H,3-4,6-9H2,(H,23,25,26)/t13?,14-/m1/s1. The molecule has 0 radical (unpaired) electrons. The maximum atomic E-state index is 13.7. The van der Waals surface area contributed by atoms with Gasteiger partial charge >= 0.3 is 0 Å². The van der Waals surface area contributed by atoms with Crippen LogP contribution in [0.5, 0.6) is 0 Å². The molecule has 0 spiro atoms. The van der Waals surface area contributed by atoms with E-state index >= 15 is 0 Å². The molecule has 0 saturated carbocycles. The highest BCUT2D eigenvalue weighted by Crippen LogP contribution is 2.28. The molecule has 9 heteroatoms. The number of fused-ring (bicyclic) bond motifs is 1. The second kappa shape index (κ2) is 6.65. The van der Waals surface area contributed by atoms with Crippen molar-refractivity contribution in [2.45, 2.75) is 43.9 Å². The minimum atomic E-state index is -2.78. The van der Waals surface area contributed by atoms with Gasteiger partial charge in [-0.1, -0.05) is 12.1 Å². The number of imide groups is 1. The molecule has 7 nitrogen and oxygen atoms in total. The van der Waals surface area contributed by atoms with Crippen molar-refractivity contribution in [3.8, 4) is 0 Å². The molecule has 3 aliphatic heterocycles. The van der Waals surface area contributed by atoms with Crippen molar-refractivity contribution in [3.63, 3.8) is 0 Å². The van der Waals surface area contributed by atoms with E-state index in [9.17, 15) is 23.2 Å². The smallest absolute Gasteiger partial charge is 0.276 e. The summed E-state index contributed by atoms with van der Waals surface area (Å²) in [6, 6.07) is 3.64. The molecule has 0 bridgehead atoms. The highest BCUT2D eigenvalue weighted by Gasteiger charge is 2.43. The fourth-order valence-corrected chi connectivity index (χ4v) is 3.86. The average Bonchev–Trinajstić information content (AvgIpc) is 3.12. The number of nitrogens with zero attached hydrogens (tertiary/aromatic N) is 1. The first-order chi connectivity index (χ1) is 12.8. The van der Waals surface area contributed by atoms with Crippen LogP contribution in [0, 0.1) is 0 Å². The van der Waals surface area contributed by atoms with Gasteiger partial charge in [-0.15, -0.1) is 0 Å². The minimum Gasteiger partial charge on any atom is -0.322 e. The Bertz CT molecular complexity index is 814. The molecule has 2 atom stereocenters. The molecule has 1 aromatic carbocycles. The van der Waals surface area contributed by atoms with Crippen LogP contribution in [0.25, 0.3) is 0 Å². The third-order valence-corrected chi connectivity index (χ3v) is 5.36. The molecule has 0 aromatic heterocycles. The van der Waals surface area contributed by atoms with Gasteiger partial charge in [-0.05, 0) is 23.6 Å². The molecular weight excluding hydrogens is 358 g/mol. The zero-order valence-electron chi connectivity index (χ0n) is 14.6. The largest absolute Gasteiger partial charge is 0.322 e. The third kappa shape index (κ3) is 3.32. The van der Waals surface area contributed by atoms with Crippen molar-refractivity contribution in [3.05, 3.63) is 34.9 Å². The second-order valence-electron chi connectivity index (χ2n) is 7.22. The molecule has 0 aliphatic carbocycles. The number of hydrogen-bond acceptors (Lipinski definition) is 5. The summed E-state index contributed by atoms with van der Waals surface area (Å²) in [4.78, 5) is 37.5. The van der Waals surface area contributed by atoms with E-state index in [4.69, 9.17) is 0 Å². The fraction of sp³-hybridized carbons (Fsp3) is 0.500. The Balaban J connectivity index is 1.45. The SMILES string of the molecule is O=C1CCC(N2Cc3cc(CN[C@@H]4CNCC4(F)F)ccc3C2=O)C(=O)N1. The summed E-state index contributed by atoms with van der Waals surface area (Å²) in [5, 5.41) is 7.80. The molecule has 3 amide bonds. The first-order valence-corrected chi connectivity index (χ1v) is 8.93. The van der Waals surface area contributed by atoms with Crippen LogP contribution in [0.1, 0.15) is 34.3 Å². The van der Waals surface area contributed by atoms with Crippen molar-refractivity contribution in [1.29, 1.82) is 0 Å². The van der Waals surface area contributed by atoms with Gasteiger partial charge in [0.1, 0.15) is 6.04 Å². The molecule has 144 valence electrons. The summed E-state index contributed by atoms with van der Waals surface area (Å²) >= 11 is 0. The van der Waals surface area contributed by atoms with E-state index in [-0.39, 0.29) is 44.4 Å². The van der Waals surface area contributed by atoms with E-state index in [0.717, 1.165) is 11.1 Å². The summed E-state index contributed by atoms with van der Waals surface area (Å²) in [6.45, 7) is 0.418. The van der Waals surface area contributed by atoms with Crippen LogP contribution in [-0.4, -0.2) is 53.7 Å². The molecule has 3 N–H and O–H groups in total. The Hall–Kier alpha value is -2.39. The minimum absolute atomic E-state index is 0.204. The van der Waals surface area contributed by atoms with Gasteiger partial charge in [0.2, 0.25) is 11.8 Å². The van der Waals surface area contributed by atoms with Crippen LogP contribution >= 0.6 is 0 Å². The van der Waals surface area contributed by atoms with Gasteiger partial charge in [0.05, 0.1) is 12.6 Å². The zero-order chi connectivity index (χ0) is 19.2. The van der Waals surface area contributed by atoms with Crippen molar-refractivity contribution in [1.82, 2.24) is 20.9 Å². The Morgan fingerprint density at radius 1 is 1.26 bits per heavy atom. The monoisotopic (exact) mass is 378 g/mol. The third-order valence-electron chi connectivity index (χ3n) is 5.36. The Morgan fingerprint density at radius 3 is 2.78 bits per heavy atom. The maximum absolute atomic E-state index is 13.7. The number of rotatable bonds is 4. The van der Waals surface area contributed by atoms with Crippen LogP contribution in [0.2, 0.25) is 0 Å². The predicted molar refractivity (Wildman–Crippen MR) is 90.9 cm³/mol. The van der Waals surface area contributed by atoms with Crippen molar-refractivity contribution < 1.29 is 23.2 Å². The Kier molecular flexibility index (Phi) is 4.43. The van der Waals surface area contributed by atoms with Crippen molar-refractivity contribution in [2.24, 2.45) is 0 Å². The second-order valence-corrected chi connectivity index (χ2v) is 7.22. The van der Waals surface area contributed by atoms with E-state index in [1.165, 1.54) is 4.90 Å². The molecule has 1 unspecified atom stereocenters. The molecule has 2 fully saturated rings. The summed E-state index contributed by atoms with van der Waals surface area (Å²) < 4.78 is 27.3. The number of amides is 3. The zero-order valence-corrected chi connectivity index (χ0v) is 14.6. The summed E-state index contributed by atoms with van der Waals surface area (Å²) in [5.74, 6) is -3.81. The van der Waals surface area contributed by atoms with Crippen molar-refractivity contribution >= 4 is 17.7 Å². The summed E-state index contributed by atoms with van der Waals surface area (Å²) in [7, 11) is 0. The normalized spacial score (nSPS) is 27.0. The summed E-state index contributed by atoms with van der Waals surface area (Å²) in [6.07, 6.45) is 0.512. The lowest BCUT2D eigenvalue weighted by molar-refractivity contribution is -0.136. The quantitative estimate of drug-likeness (QED) is 0.649. The molecular formula is C18H20F2N4O3. The van der Waals surface area contributed by atoms with Crippen molar-refractivity contribution in [2.75, 3.05) is 13.1 Å².